The Hall–Kier alpha value is -5.56. The number of halogens is 1. The van der Waals surface area contributed by atoms with Gasteiger partial charge in [-0.25, -0.2) is 4.79 Å². The van der Waals surface area contributed by atoms with Crippen molar-refractivity contribution in [3.05, 3.63) is 82.9 Å². The second-order valence-electron chi connectivity index (χ2n) is 18.7. The number of ketones is 1. The molecule has 2 unspecified atom stereocenters. The number of hydrogen-bond acceptors (Lipinski definition) is 15. The number of carbonyl (C=O) groups is 2. The normalized spacial score (nSPS) is 15.9. The van der Waals surface area contributed by atoms with Crippen molar-refractivity contribution in [3.8, 4) is 69.0 Å². The van der Waals surface area contributed by atoms with E-state index in [0.29, 0.717) is 79.8 Å². The highest BCUT2D eigenvalue weighted by atomic mass is 79.9. The fourth-order valence-corrected chi connectivity index (χ4v) is 8.94. The summed E-state index contributed by atoms with van der Waals surface area (Å²) in [4.78, 5) is 25.9. The van der Waals surface area contributed by atoms with Gasteiger partial charge < -0.3 is 60.5 Å². The zero-order valence-electron chi connectivity index (χ0n) is 46.2. The SMILES string of the molecule is CC.COc1ccc(C2=CC(=O)C(Br)Oc3c2cc(OC)c(OC)c3OC)cc1OS(C)(C)C(C)(C)C.COc1ccc(C2=CC(OC)C(=O)Oc3c2cc(OC)c(OC)c3OC)cc1OS(C)(C)C(C)(C)C. The molecule has 0 saturated carbocycles. The van der Waals surface area contributed by atoms with Gasteiger partial charge in [0.05, 0.1) is 56.9 Å². The molecule has 6 rings (SSSR count). The lowest BCUT2D eigenvalue weighted by Crippen LogP contribution is -2.27. The Bertz CT molecular complexity index is 2680. The van der Waals surface area contributed by atoms with Crippen molar-refractivity contribution in [1.82, 2.24) is 0 Å². The Morgan fingerprint density at radius 1 is 0.507 bits per heavy atom. The molecule has 2 heterocycles. The summed E-state index contributed by atoms with van der Waals surface area (Å²) in [5, 5.41) is -0.899. The van der Waals surface area contributed by atoms with Crippen molar-refractivity contribution in [3.63, 3.8) is 0 Å². The highest BCUT2D eigenvalue weighted by molar-refractivity contribution is 9.09. The molecule has 0 spiro atoms. The molecule has 15 nitrogen and oxygen atoms in total. The van der Waals surface area contributed by atoms with Crippen molar-refractivity contribution >= 4 is 59.4 Å². The van der Waals surface area contributed by atoms with E-state index in [4.69, 9.17) is 60.5 Å². The average Bonchev–Trinajstić information content (AvgIpc) is 3.57. The van der Waals surface area contributed by atoms with Crippen LogP contribution in [0.5, 0.6) is 69.0 Å². The van der Waals surface area contributed by atoms with Crippen molar-refractivity contribution < 1.29 is 70.1 Å². The van der Waals surface area contributed by atoms with E-state index in [0.717, 1.165) is 11.1 Å². The Kier molecular flexibility index (Phi) is 20.3. The third-order valence-corrected chi connectivity index (χ3v) is 20.1. The summed E-state index contributed by atoms with van der Waals surface area (Å²) < 4.78 is 74.8. The van der Waals surface area contributed by atoms with E-state index < -0.39 is 37.7 Å². The molecule has 4 aromatic rings. The lowest BCUT2D eigenvalue weighted by atomic mass is 9.95. The van der Waals surface area contributed by atoms with Crippen LogP contribution in [0.1, 0.15) is 77.6 Å². The summed E-state index contributed by atoms with van der Waals surface area (Å²) in [6.07, 6.45) is 10.8. The first-order chi connectivity index (χ1) is 34.3. The van der Waals surface area contributed by atoms with Gasteiger partial charge in [-0.15, -0.1) is 0 Å². The molecule has 2 aliphatic heterocycles. The van der Waals surface area contributed by atoms with E-state index in [9.17, 15) is 9.59 Å². The smallest absolute Gasteiger partial charge is 0.344 e. The quantitative estimate of drug-likeness (QED) is 0.0629. The number of hydrogen-bond donors (Lipinski definition) is 0. The minimum atomic E-state index is -1.51. The molecule has 0 amide bonds. The van der Waals surface area contributed by atoms with Gasteiger partial charge in [0.1, 0.15) is 0 Å². The van der Waals surface area contributed by atoms with E-state index in [1.807, 2.05) is 50.2 Å². The Morgan fingerprint density at radius 3 is 1.29 bits per heavy atom. The number of rotatable bonds is 15. The molecular weight excluding hydrogens is 1040 g/mol. The molecule has 0 radical (unpaired) electrons. The molecule has 2 aliphatic rings. The van der Waals surface area contributed by atoms with Gasteiger partial charge in [-0.3, -0.25) is 4.79 Å². The van der Waals surface area contributed by atoms with Gasteiger partial charge in [-0.2, -0.15) is 0 Å². The van der Waals surface area contributed by atoms with Gasteiger partial charge in [0.25, 0.3) is 0 Å². The molecule has 404 valence electrons. The number of ether oxygens (including phenoxy) is 11. The first-order valence-electron chi connectivity index (χ1n) is 23.2. The molecular formula is C55H75BrO15S2. The maximum atomic E-state index is 12.9. The first-order valence-corrected chi connectivity index (χ1v) is 28.9. The van der Waals surface area contributed by atoms with Gasteiger partial charge in [-0.1, -0.05) is 46.6 Å². The van der Waals surface area contributed by atoms with Crippen LogP contribution in [0.15, 0.2) is 60.7 Å². The van der Waals surface area contributed by atoms with Gasteiger partial charge in [0.15, 0.2) is 52.1 Å². The zero-order valence-corrected chi connectivity index (χ0v) is 49.5. The average molecular weight is 1120 g/mol. The van der Waals surface area contributed by atoms with Gasteiger partial charge in [0, 0.05) is 27.7 Å². The summed E-state index contributed by atoms with van der Waals surface area (Å²) in [5.74, 6) is 4.29. The van der Waals surface area contributed by atoms with Crippen LogP contribution in [0.4, 0.5) is 0 Å². The third kappa shape index (κ3) is 12.9. The molecule has 0 N–H and O–H groups in total. The third-order valence-electron chi connectivity index (χ3n) is 12.4. The molecule has 0 fully saturated rings. The summed E-state index contributed by atoms with van der Waals surface area (Å²) in [6.45, 7) is 16.9. The van der Waals surface area contributed by atoms with Gasteiger partial charge in [-0.05, 0) is 153 Å². The number of fused-ring (bicyclic) bond motifs is 2. The predicted octanol–water partition coefficient (Wildman–Crippen LogP) is 12.3. The van der Waals surface area contributed by atoms with Gasteiger partial charge in [0.2, 0.25) is 33.8 Å². The second-order valence-corrected chi connectivity index (χ2v) is 27.2. The van der Waals surface area contributed by atoms with Crippen molar-refractivity contribution in [2.24, 2.45) is 0 Å². The topological polar surface area (TPSA) is 154 Å². The maximum absolute atomic E-state index is 12.9. The Labute approximate surface area is 444 Å². The monoisotopic (exact) mass is 1120 g/mol. The molecule has 0 aromatic heterocycles. The van der Waals surface area contributed by atoms with Crippen LogP contribution in [-0.4, -0.2) is 121 Å². The number of methoxy groups -OCH3 is 9. The minimum absolute atomic E-state index is 0.0630. The molecule has 18 heteroatoms. The molecule has 4 aromatic carbocycles. The van der Waals surface area contributed by atoms with Crippen LogP contribution in [0.3, 0.4) is 0 Å². The number of carbonyl (C=O) groups excluding carboxylic acids is 2. The molecule has 0 saturated heterocycles. The van der Waals surface area contributed by atoms with E-state index in [-0.39, 0.29) is 26.8 Å². The number of alkyl halides is 1. The lowest BCUT2D eigenvalue weighted by Gasteiger charge is -2.44. The first kappa shape index (κ1) is 60.0. The van der Waals surface area contributed by atoms with Crippen LogP contribution in [-0.2, 0) is 14.3 Å². The van der Waals surface area contributed by atoms with Crippen LogP contribution in [0, 0.1) is 0 Å². The predicted molar refractivity (Wildman–Crippen MR) is 298 cm³/mol. The standard InChI is InChI=1S/C27H36O8S.C26H33BrO7S.C2H6/c1-27(2,3)36(9,10)35-20-13-16(11-12-19(20)29-4)17-14-22(31-6)26(28)34-23-18(17)15-21(30-5)24(32-7)25(23)33-8;1-26(2,3)35(8,9)34-20-12-15(10-11-19(20)29-4)16-13-18(28)25(27)33-22-17(16)14-21(30-5)23(31-6)24(22)32-7;1-2/h11-15,22H,1-10H3;10-14,25H,1-9H3;1-2H3. The minimum Gasteiger partial charge on any atom is -0.493 e. The largest absolute Gasteiger partial charge is 0.493 e. The fraction of sp³-hybridized carbons (Fsp3) is 0.455. The number of esters is 1. The van der Waals surface area contributed by atoms with Crippen molar-refractivity contribution in [2.75, 3.05) is 89.0 Å². The summed E-state index contributed by atoms with van der Waals surface area (Å²) in [7, 11) is 10.7. The second kappa shape index (κ2) is 24.6. The zero-order chi connectivity index (χ0) is 55.0. The number of benzene rings is 4. The summed E-state index contributed by atoms with van der Waals surface area (Å²) in [6, 6.07) is 14.8. The molecule has 0 bridgehead atoms. The van der Waals surface area contributed by atoms with E-state index >= 15 is 0 Å². The molecule has 73 heavy (non-hydrogen) atoms. The maximum Gasteiger partial charge on any atom is 0.344 e. The highest BCUT2D eigenvalue weighted by Crippen LogP contribution is 2.58. The summed E-state index contributed by atoms with van der Waals surface area (Å²) in [5.41, 5.74) is 4.02. The molecule has 0 aliphatic carbocycles. The van der Waals surface area contributed by atoms with Crippen LogP contribution in [0.2, 0.25) is 0 Å². The highest BCUT2D eigenvalue weighted by Gasteiger charge is 2.36. The Balaban J connectivity index is 0.000000306. The lowest BCUT2D eigenvalue weighted by molar-refractivity contribution is -0.142. The Morgan fingerprint density at radius 2 is 0.904 bits per heavy atom. The molecule has 2 atom stereocenters. The van der Waals surface area contributed by atoms with E-state index in [2.05, 4.69) is 82.5 Å². The van der Waals surface area contributed by atoms with E-state index in [1.54, 1.807) is 45.6 Å². The summed E-state index contributed by atoms with van der Waals surface area (Å²) >= 11 is 3.33. The van der Waals surface area contributed by atoms with E-state index in [1.165, 1.54) is 42.7 Å². The fourth-order valence-electron chi connectivity index (χ4n) is 6.97. The van der Waals surface area contributed by atoms with Crippen LogP contribution < -0.4 is 55.7 Å². The van der Waals surface area contributed by atoms with Crippen LogP contribution >= 0.6 is 36.5 Å². The van der Waals surface area contributed by atoms with Gasteiger partial charge >= 0.3 is 5.97 Å². The van der Waals surface area contributed by atoms with Crippen LogP contribution in [0.25, 0.3) is 11.1 Å². The van der Waals surface area contributed by atoms with Crippen molar-refractivity contribution in [1.29, 1.82) is 0 Å². The van der Waals surface area contributed by atoms with Crippen molar-refractivity contribution in [2.45, 2.75) is 76.0 Å².